The van der Waals surface area contributed by atoms with Crippen LogP contribution in [0.5, 0.6) is 0 Å². The van der Waals surface area contributed by atoms with Gasteiger partial charge in [0.15, 0.2) is 0 Å². The number of anilines is 1. The van der Waals surface area contributed by atoms with Crippen LogP contribution in [-0.2, 0) is 6.54 Å². The summed E-state index contributed by atoms with van der Waals surface area (Å²) >= 11 is 3.49. The third kappa shape index (κ3) is 3.61. The molecule has 0 bridgehead atoms. The van der Waals surface area contributed by atoms with Crippen molar-refractivity contribution >= 4 is 27.5 Å². The van der Waals surface area contributed by atoms with Gasteiger partial charge in [0.05, 0.1) is 0 Å². The Kier molecular flexibility index (Phi) is 4.79. The maximum atomic E-state index is 11.4. The molecular formula is C16H17BrN2O. The highest BCUT2D eigenvalue weighted by atomic mass is 79.9. The second-order valence-corrected chi connectivity index (χ2v) is 5.45. The van der Waals surface area contributed by atoms with E-state index in [1.165, 1.54) is 5.56 Å². The maximum absolute atomic E-state index is 11.4. The molecule has 3 nitrogen and oxygen atoms in total. The van der Waals surface area contributed by atoms with Gasteiger partial charge >= 0.3 is 0 Å². The van der Waals surface area contributed by atoms with E-state index in [1.54, 1.807) is 7.05 Å². The molecule has 2 rings (SSSR count). The fourth-order valence-corrected chi connectivity index (χ4v) is 2.12. The van der Waals surface area contributed by atoms with Crippen molar-refractivity contribution in [2.45, 2.75) is 13.5 Å². The fourth-order valence-electron chi connectivity index (χ4n) is 1.88. The predicted molar refractivity (Wildman–Crippen MR) is 86.0 cm³/mol. The molecule has 0 spiro atoms. The highest BCUT2D eigenvalue weighted by Crippen LogP contribution is 2.20. The molecule has 2 aromatic carbocycles. The molecule has 104 valence electrons. The summed E-state index contributed by atoms with van der Waals surface area (Å²) in [6, 6.07) is 13.8. The minimum absolute atomic E-state index is 0.0620. The van der Waals surface area contributed by atoms with Crippen LogP contribution in [0.15, 0.2) is 46.9 Å². The molecule has 0 saturated carbocycles. The molecular weight excluding hydrogens is 316 g/mol. The first-order valence-electron chi connectivity index (χ1n) is 6.41. The van der Waals surface area contributed by atoms with Crippen LogP contribution < -0.4 is 10.6 Å². The normalized spacial score (nSPS) is 10.2. The molecule has 0 atom stereocenters. The van der Waals surface area contributed by atoms with Crippen molar-refractivity contribution in [1.29, 1.82) is 0 Å². The Morgan fingerprint density at radius 2 is 1.85 bits per heavy atom. The SMILES string of the molecule is CNC(=O)c1ccc(CNc2ccc(Br)c(C)c2)cc1. The molecule has 4 heteroatoms. The summed E-state index contributed by atoms with van der Waals surface area (Å²) in [4.78, 5) is 11.4. The van der Waals surface area contributed by atoms with Gasteiger partial charge in [0.25, 0.3) is 5.91 Å². The first kappa shape index (κ1) is 14.6. The van der Waals surface area contributed by atoms with Gasteiger partial charge in [-0.2, -0.15) is 0 Å². The summed E-state index contributed by atoms with van der Waals surface area (Å²) in [5, 5.41) is 5.98. The van der Waals surface area contributed by atoms with Crippen LogP contribution in [0, 0.1) is 6.92 Å². The Morgan fingerprint density at radius 3 is 2.45 bits per heavy atom. The number of aryl methyl sites for hydroxylation is 1. The second kappa shape index (κ2) is 6.57. The van der Waals surface area contributed by atoms with Gasteiger partial charge in [-0.25, -0.2) is 0 Å². The molecule has 1 amide bonds. The highest BCUT2D eigenvalue weighted by molar-refractivity contribution is 9.10. The van der Waals surface area contributed by atoms with Crippen molar-refractivity contribution in [3.63, 3.8) is 0 Å². The van der Waals surface area contributed by atoms with Gasteiger partial charge in [0, 0.05) is 29.3 Å². The van der Waals surface area contributed by atoms with Gasteiger partial charge in [-0.3, -0.25) is 4.79 Å². The molecule has 0 aliphatic heterocycles. The smallest absolute Gasteiger partial charge is 0.251 e. The standard InChI is InChI=1S/C16H17BrN2O/c1-11-9-14(7-8-15(11)17)19-10-12-3-5-13(6-4-12)16(20)18-2/h3-9,19H,10H2,1-2H3,(H,18,20). The molecule has 0 saturated heterocycles. The molecule has 0 aromatic heterocycles. The lowest BCUT2D eigenvalue weighted by molar-refractivity contribution is 0.0963. The summed E-state index contributed by atoms with van der Waals surface area (Å²) in [6.07, 6.45) is 0. The minimum Gasteiger partial charge on any atom is -0.381 e. The molecule has 0 radical (unpaired) electrons. The van der Waals surface area contributed by atoms with Crippen LogP contribution >= 0.6 is 15.9 Å². The van der Waals surface area contributed by atoms with Crippen molar-refractivity contribution in [1.82, 2.24) is 5.32 Å². The Morgan fingerprint density at radius 1 is 1.15 bits per heavy atom. The van der Waals surface area contributed by atoms with Gasteiger partial charge in [-0.1, -0.05) is 28.1 Å². The van der Waals surface area contributed by atoms with Crippen LogP contribution in [0.3, 0.4) is 0 Å². The van der Waals surface area contributed by atoms with Crippen LogP contribution in [0.1, 0.15) is 21.5 Å². The fraction of sp³-hybridized carbons (Fsp3) is 0.188. The lowest BCUT2D eigenvalue weighted by Crippen LogP contribution is -2.17. The van der Waals surface area contributed by atoms with E-state index in [2.05, 4.69) is 39.6 Å². The zero-order valence-electron chi connectivity index (χ0n) is 11.5. The Balaban J connectivity index is 2.00. The largest absolute Gasteiger partial charge is 0.381 e. The van der Waals surface area contributed by atoms with Crippen LogP contribution in [0.2, 0.25) is 0 Å². The molecule has 2 aromatic rings. The summed E-state index contributed by atoms with van der Waals surface area (Å²) in [5.41, 5.74) is 4.10. The van der Waals surface area contributed by atoms with E-state index in [9.17, 15) is 4.79 Å². The van der Waals surface area contributed by atoms with E-state index in [0.717, 1.165) is 22.3 Å². The quantitative estimate of drug-likeness (QED) is 0.895. The summed E-state index contributed by atoms with van der Waals surface area (Å²) in [6.45, 7) is 2.79. The van der Waals surface area contributed by atoms with Crippen molar-refractivity contribution in [2.24, 2.45) is 0 Å². The van der Waals surface area contributed by atoms with E-state index in [1.807, 2.05) is 36.4 Å². The van der Waals surface area contributed by atoms with Gasteiger partial charge < -0.3 is 10.6 Å². The van der Waals surface area contributed by atoms with Crippen molar-refractivity contribution in [3.8, 4) is 0 Å². The summed E-state index contributed by atoms with van der Waals surface area (Å²) in [7, 11) is 1.63. The molecule has 0 unspecified atom stereocenters. The number of nitrogens with one attached hydrogen (secondary N) is 2. The van der Waals surface area contributed by atoms with E-state index < -0.39 is 0 Å². The third-order valence-electron chi connectivity index (χ3n) is 3.10. The lowest BCUT2D eigenvalue weighted by atomic mass is 10.1. The van der Waals surface area contributed by atoms with Crippen LogP contribution in [0.4, 0.5) is 5.69 Å². The van der Waals surface area contributed by atoms with Crippen molar-refractivity contribution in [3.05, 3.63) is 63.6 Å². The van der Waals surface area contributed by atoms with E-state index in [0.29, 0.717) is 5.56 Å². The number of hydrogen-bond acceptors (Lipinski definition) is 2. The molecule has 0 aliphatic rings. The van der Waals surface area contributed by atoms with Gasteiger partial charge in [-0.15, -0.1) is 0 Å². The van der Waals surface area contributed by atoms with Gasteiger partial charge in [0.2, 0.25) is 0 Å². The molecule has 20 heavy (non-hydrogen) atoms. The zero-order valence-corrected chi connectivity index (χ0v) is 13.1. The maximum Gasteiger partial charge on any atom is 0.251 e. The zero-order chi connectivity index (χ0) is 14.5. The minimum atomic E-state index is -0.0620. The van der Waals surface area contributed by atoms with E-state index >= 15 is 0 Å². The van der Waals surface area contributed by atoms with Gasteiger partial charge in [0.1, 0.15) is 0 Å². The Hall–Kier alpha value is -1.81. The number of amides is 1. The summed E-state index contributed by atoms with van der Waals surface area (Å²) < 4.78 is 1.11. The number of hydrogen-bond donors (Lipinski definition) is 2. The predicted octanol–water partition coefficient (Wildman–Crippen LogP) is 3.73. The summed E-state index contributed by atoms with van der Waals surface area (Å²) in [5.74, 6) is -0.0620. The highest BCUT2D eigenvalue weighted by Gasteiger charge is 2.02. The van der Waals surface area contributed by atoms with Crippen LogP contribution in [-0.4, -0.2) is 13.0 Å². The monoisotopic (exact) mass is 332 g/mol. The number of rotatable bonds is 4. The Labute approximate surface area is 127 Å². The molecule has 0 heterocycles. The molecule has 2 N–H and O–H groups in total. The Bertz CT molecular complexity index is 608. The second-order valence-electron chi connectivity index (χ2n) is 4.59. The first-order chi connectivity index (χ1) is 9.60. The number of carbonyl (C=O) groups excluding carboxylic acids is 1. The topological polar surface area (TPSA) is 41.1 Å². The first-order valence-corrected chi connectivity index (χ1v) is 7.20. The van der Waals surface area contributed by atoms with E-state index in [-0.39, 0.29) is 5.91 Å². The van der Waals surface area contributed by atoms with Crippen molar-refractivity contribution in [2.75, 3.05) is 12.4 Å². The third-order valence-corrected chi connectivity index (χ3v) is 3.99. The van der Waals surface area contributed by atoms with Crippen LogP contribution in [0.25, 0.3) is 0 Å². The average Bonchev–Trinajstić information content (AvgIpc) is 2.48. The lowest BCUT2D eigenvalue weighted by Gasteiger charge is -2.09. The number of carbonyl (C=O) groups is 1. The number of halogens is 1. The molecule has 0 fully saturated rings. The van der Waals surface area contributed by atoms with Gasteiger partial charge in [-0.05, 0) is 48.4 Å². The molecule has 0 aliphatic carbocycles. The van der Waals surface area contributed by atoms with E-state index in [4.69, 9.17) is 0 Å². The average molecular weight is 333 g/mol. The number of benzene rings is 2. The van der Waals surface area contributed by atoms with Crippen molar-refractivity contribution < 1.29 is 4.79 Å².